The van der Waals surface area contributed by atoms with Crippen molar-refractivity contribution in [3.8, 4) is 0 Å². The van der Waals surface area contributed by atoms with Gasteiger partial charge in [-0.15, -0.1) is 22.7 Å². The lowest BCUT2D eigenvalue weighted by Gasteiger charge is -2.33. The fraction of sp³-hybridized carbons (Fsp3) is 0.312. The summed E-state index contributed by atoms with van der Waals surface area (Å²) >= 11 is 9.23. The summed E-state index contributed by atoms with van der Waals surface area (Å²) in [5.74, 6) is 0.104. The van der Waals surface area contributed by atoms with E-state index in [0.29, 0.717) is 0 Å². The van der Waals surface area contributed by atoms with Gasteiger partial charge in [0.15, 0.2) is 0 Å². The molecule has 0 aliphatic carbocycles. The number of nitrogens with zero attached hydrogens (tertiary/aromatic N) is 2. The SMILES string of the molecule is O=C(/C=C/c1cccs1)N1CCN(Cc2ccc(Cl)s2)CC1. The Morgan fingerprint density at radius 1 is 1.23 bits per heavy atom. The molecular formula is C16H17ClN2OS2. The van der Waals surface area contributed by atoms with Gasteiger partial charge < -0.3 is 4.90 Å². The molecule has 0 radical (unpaired) electrons. The van der Waals surface area contributed by atoms with Gasteiger partial charge in [-0.3, -0.25) is 9.69 Å². The van der Waals surface area contributed by atoms with E-state index in [0.717, 1.165) is 41.9 Å². The third kappa shape index (κ3) is 4.20. The first-order chi connectivity index (χ1) is 10.7. The van der Waals surface area contributed by atoms with Crippen molar-refractivity contribution in [3.05, 3.63) is 49.8 Å². The molecule has 0 N–H and O–H groups in total. The number of piperazine rings is 1. The quantitative estimate of drug-likeness (QED) is 0.781. The largest absolute Gasteiger partial charge is 0.337 e. The van der Waals surface area contributed by atoms with E-state index in [-0.39, 0.29) is 5.91 Å². The molecule has 2 aromatic heterocycles. The Kier molecular flexibility index (Phi) is 5.31. The van der Waals surface area contributed by atoms with Crippen molar-refractivity contribution in [1.82, 2.24) is 9.80 Å². The molecule has 1 fully saturated rings. The van der Waals surface area contributed by atoms with E-state index in [1.807, 2.05) is 34.6 Å². The summed E-state index contributed by atoms with van der Waals surface area (Å²) < 4.78 is 0.836. The highest BCUT2D eigenvalue weighted by Crippen LogP contribution is 2.23. The van der Waals surface area contributed by atoms with Crippen LogP contribution in [0.3, 0.4) is 0 Å². The van der Waals surface area contributed by atoms with E-state index in [4.69, 9.17) is 11.6 Å². The molecule has 0 unspecified atom stereocenters. The Hall–Kier alpha value is -1.14. The molecule has 3 heterocycles. The summed E-state index contributed by atoms with van der Waals surface area (Å²) in [6.45, 7) is 4.31. The Morgan fingerprint density at radius 2 is 2.05 bits per heavy atom. The number of hydrogen-bond donors (Lipinski definition) is 0. The first-order valence-corrected chi connectivity index (χ1v) is 9.25. The molecule has 3 rings (SSSR count). The van der Waals surface area contributed by atoms with Crippen LogP contribution in [0.2, 0.25) is 4.34 Å². The molecule has 1 saturated heterocycles. The highest BCUT2D eigenvalue weighted by molar-refractivity contribution is 7.16. The van der Waals surface area contributed by atoms with E-state index in [2.05, 4.69) is 11.0 Å². The van der Waals surface area contributed by atoms with E-state index in [1.165, 1.54) is 4.88 Å². The maximum absolute atomic E-state index is 12.2. The zero-order valence-electron chi connectivity index (χ0n) is 12.1. The van der Waals surface area contributed by atoms with Crippen LogP contribution in [0.5, 0.6) is 0 Å². The first-order valence-electron chi connectivity index (χ1n) is 7.18. The average molecular weight is 353 g/mol. The lowest BCUT2D eigenvalue weighted by atomic mass is 10.3. The summed E-state index contributed by atoms with van der Waals surface area (Å²) in [6, 6.07) is 8.02. The van der Waals surface area contributed by atoms with E-state index in [9.17, 15) is 4.79 Å². The van der Waals surface area contributed by atoms with E-state index < -0.39 is 0 Å². The molecule has 1 amide bonds. The highest BCUT2D eigenvalue weighted by atomic mass is 35.5. The van der Waals surface area contributed by atoms with Gasteiger partial charge in [0.25, 0.3) is 0 Å². The Bertz CT molecular complexity index is 643. The number of thiophene rings is 2. The van der Waals surface area contributed by atoms with E-state index in [1.54, 1.807) is 28.7 Å². The van der Waals surface area contributed by atoms with Gasteiger partial charge >= 0.3 is 0 Å². The fourth-order valence-electron chi connectivity index (χ4n) is 2.43. The van der Waals surface area contributed by atoms with Crippen LogP contribution in [-0.2, 0) is 11.3 Å². The topological polar surface area (TPSA) is 23.6 Å². The second kappa shape index (κ2) is 7.42. The van der Waals surface area contributed by atoms with Crippen LogP contribution in [0.4, 0.5) is 0 Å². The minimum Gasteiger partial charge on any atom is -0.337 e. The molecule has 0 spiro atoms. The Morgan fingerprint density at radius 3 is 2.68 bits per heavy atom. The second-order valence-corrected chi connectivity index (χ2v) is 7.93. The van der Waals surface area contributed by atoms with Gasteiger partial charge in [-0.1, -0.05) is 17.7 Å². The lowest BCUT2D eigenvalue weighted by Crippen LogP contribution is -2.47. The van der Waals surface area contributed by atoms with Crippen LogP contribution < -0.4 is 0 Å². The van der Waals surface area contributed by atoms with Gasteiger partial charge in [-0.05, 0) is 29.7 Å². The second-order valence-electron chi connectivity index (χ2n) is 5.16. The maximum Gasteiger partial charge on any atom is 0.246 e. The van der Waals surface area contributed by atoms with Crippen molar-refractivity contribution in [3.63, 3.8) is 0 Å². The number of carbonyl (C=O) groups excluding carboxylic acids is 1. The molecule has 22 heavy (non-hydrogen) atoms. The molecule has 2 aromatic rings. The van der Waals surface area contributed by atoms with Crippen molar-refractivity contribution in [2.45, 2.75) is 6.54 Å². The zero-order chi connectivity index (χ0) is 15.4. The highest BCUT2D eigenvalue weighted by Gasteiger charge is 2.19. The summed E-state index contributed by atoms with van der Waals surface area (Å²) in [5, 5.41) is 2.01. The number of rotatable bonds is 4. The Balaban J connectivity index is 1.47. The first kappa shape index (κ1) is 15.7. The van der Waals surface area contributed by atoms with Crippen molar-refractivity contribution < 1.29 is 4.79 Å². The van der Waals surface area contributed by atoms with Crippen LogP contribution in [-0.4, -0.2) is 41.9 Å². The molecule has 0 aromatic carbocycles. The number of halogens is 1. The Labute approximate surface area is 143 Å². The normalized spacial score (nSPS) is 16.5. The monoisotopic (exact) mass is 352 g/mol. The molecule has 1 aliphatic heterocycles. The van der Waals surface area contributed by atoms with E-state index >= 15 is 0 Å². The van der Waals surface area contributed by atoms with Crippen LogP contribution in [0.1, 0.15) is 9.75 Å². The van der Waals surface area contributed by atoms with Gasteiger partial charge in [0.2, 0.25) is 5.91 Å². The summed E-state index contributed by atoms with van der Waals surface area (Å²) in [7, 11) is 0. The number of carbonyl (C=O) groups is 1. The predicted octanol–water partition coefficient (Wildman–Crippen LogP) is 3.82. The average Bonchev–Trinajstić information content (AvgIpc) is 3.17. The minimum atomic E-state index is 0.104. The summed E-state index contributed by atoms with van der Waals surface area (Å²) in [4.78, 5) is 18.9. The van der Waals surface area contributed by atoms with Crippen molar-refractivity contribution in [2.24, 2.45) is 0 Å². The van der Waals surface area contributed by atoms with Gasteiger partial charge in [-0.25, -0.2) is 0 Å². The van der Waals surface area contributed by atoms with Crippen LogP contribution in [0, 0.1) is 0 Å². The van der Waals surface area contributed by atoms with Crippen molar-refractivity contribution >= 4 is 46.3 Å². The lowest BCUT2D eigenvalue weighted by molar-refractivity contribution is -0.127. The van der Waals surface area contributed by atoms with Crippen LogP contribution in [0.15, 0.2) is 35.7 Å². The third-order valence-electron chi connectivity index (χ3n) is 3.63. The zero-order valence-corrected chi connectivity index (χ0v) is 14.5. The third-order valence-corrected chi connectivity index (χ3v) is 5.68. The van der Waals surface area contributed by atoms with Gasteiger partial charge in [0.1, 0.15) is 0 Å². The molecule has 116 valence electrons. The summed E-state index contributed by atoms with van der Waals surface area (Å²) in [5.41, 5.74) is 0. The molecule has 0 bridgehead atoms. The smallest absolute Gasteiger partial charge is 0.246 e. The molecule has 0 atom stereocenters. The van der Waals surface area contributed by atoms with Crippen molar-refractivity contribution in [1.29, 1.82) is 0 Å². The molecule has 3 nitrogen and oxygen atoms in total. The number of hydrogen-bond acceptors (Lipinski definition) is 4. The van der Waals surface area contributed by atoms with Crippen LogP contribution >= 0.6 is 34.3 Å². The number of amides is 1. The molecule has 1 aliphatic rings. The maximum atomic E-state index is 12.2. The summed E-state index contributed by atoms with van der Waals surface area (Å²) in [6.07, 6.45) is 3.58. The van der Waals surface area contributed by atoms with Gasteiger partial charge in [0, 0.05) is 48.6 Å². The molecule has 6 heteroatoms. The predicted molar refractivity (Wildman–Crippen MR) is 94.5 cm³/mol. The van der Waals surface area contributed by atoms with Crippen molar-refractivity contribution in [2.75, 3.05) is 26.2 Å². The fourth-order valence-corrected chi connectivity index (χ4v) is 4.18. The molecular weight excluding hydrogens is 336 g/mol. The van der Waals surface area contributed by atoms with Gasteiger partial charge in [-0.2, -0.15) is 0 Å². The standard InChI is InChI=1S/C16H17ClN2OS2/c17-15-5-3-14(22-15)12-18-7-9-19(10-8-18)16(20)6-4-13-2-1-11-21-13/h1-6,11H,7-10,12H2/b6-4+. The minimum absolute atomic E-state index is 0.104. The van der Waals surface area contributed by atoms with Gasteiger partial charge in [0.05, 0.1) is 4.34 Å². The molecule has 0 saturated carbocycles. The van der Waals surface area contributed by atoms with Crippen LogP contribution in [0.25, 0.3) is 6.08 Å².